The van der Waals surface area contributed by atoms with Gasteiger partial charge in [0.05, 0.1) is 0 Å². The van der Waals surface area contributed by atoms with Crippen LogP contribution in [0.25, 0.3) is 0 Å². The number of halogens is 3. The molecule has 0 fully saturated rings. The number of hydrogen-bond acceptors (Lipinski definition) is 4. The van der Waals surface area contributed by atoms with Gasteiger partial charge in [0.1, 0.15) is 10.7 Å². The van der Waals surface area contributed by atoms with E-state index < -0.39 is 23.4 Å². The Morgan fingerprint density at radius 3 is 2.37 bits per heavy atom. The molecule has 0 unspecified atom stereocenters. The second kappa shape index (κ2) is 4.88. The first-order chi connectivity index (χ1) is 8.90. The molecule has 1 amide bonds. The topological polar surface area (TPSA) is 82.0 Å². The number of benzene rings is 1. The second-order valence-electron chi connectivity index (χ2n) is 3.79. The van der Waals surface area contributed by atoms with Crippen LogP contribution in [0, 0.1) is 17.5 Å². The first-order valence-electron chi connectivity index (χ1n) is 5.07. The summed E-state index contributed by atoms with van der Waals surface area (Å²) in [5.41, 5.74) is 11.1. The summed E-state index contributed by atoms with van der Waals surface area (Å²) >= 11 is 0.804. The zero-order valence-corrected chi connectivity index (χ0v) is 10.2. The van der Waals surface area contributed by atoms with E-state index in [9.17, 15) is 18.0 Å². The quantitative estimate of drug-likeness (QED) is 0.845. The summed E-state index contributed by atoms with van der Waals surface area (Å²) in [5.74, 6) is -4.83. The first-order valence-corrected chi connectivity index (χ1v) is 5.84. The van der Waals surface area contributed by atoms with Crippen LogP contribution in [-0.2, 0) is 6.42 Å². The maximum Gasteiger partial charge on any atom is 0.260 e. The third kappa shape index (κ3) is 2.53. The molecule has 0 atom stereocenters. The number of nitrogens with two attached hydrogens (primary N) is 2. The zero-order chi connectivity index (χ0) is 14.2. The van der Waals surface area contributed by atoms with E-state index in [1.54, 1.807) is 0 Å². The van der Waals surface area contributed by atoms with E-state index in [4.69, 9.17) is 11.5 Å². The van der Waals surface area contributed by atoms with Crippen LogP contribution in [0.1, 0.15) is 20.8 Å². The van der Waals surface area contributed by atoms with Crippen molar-refractivity contribution in [1.29, 1.82) is 0 Å². The summed E-state index contributed by atoms with van der Waals surface area (Å²) in [7, 11) is 0. The molecule has 1 aromatic heterocycles. The van der Waals surface area contributed by atoms with Crippen LogP contribution >= 0.6 is 11.5 Å². The smallest absolute Gasteiger partial charge is 0.260 e. The molecular formula is C11H8F3N3OS. The van der Waals surface area contributed by atoms with Crippen molar-refractivity contribution in [3.05, 3.63) is 45.6 Å². The molecule has 4 N–H and O–H groups in total. The van der Waals surface area contributed by atoms with Gasteiger partial charge in [-0.15, -0.1) is 0 Å². The molecule has 8 heteroatoms. The third-order valence-corrected chi connectivity index (χ3v) is 3.38. The van der Waals surface area contributed by atoms with Crippen LogP contribution in [0.2, 0.25) is 0 Å². The normalized spacial score (nSPS) is 10.7. The molecule has 1 heterocycles. The van der Waals surface area contributed by atoms with Crippen LogP contribution in [-0.4, -0.2) is 10.3 Å². The number of amides is 1. The fourth-order valence-corrected chi connectivity index (χ4v) is 2.28. The minimum absolute atomic E-state index is 0.0592. The van der Waals surface area contributed by atoms with E-state index in [2.05, 4.69) is 4.37 Å². The SMILES string of the molecule is NC(=O)c1snc(N)c1Cc1cc(F)c(F)c(F)c1. The molecule has 0 aliphatic rings. The summed E-state index contributed by atoms with van der Waals surface area (Å²) in [4.78, 5) is 11.3. The van der Waals surface area contributed by atoms with Gasteiger partial charge in [-0.1, -0.05) is 0 Å². The number of anilines is 1. The van der Waals surface area contributed by atoms with Crippen molar-refractivity contribution < 1.29 is 18.0 Å². The standard InChI is InChI=1S/C11H8F3N3OS/c12-6-2-4(3-7(13)8(6)14)1-5-9(11(16)18)19-17-10(5)15/h2-3H,1H2,(H2,15,17)(H2,16,18). The van der Waals surface area contributed by atoms with E-state index in [0.717, 1.165) is 23.7 Å². The Balaban J connectivity index is 2.42. The second-order valence-corrected chi connectivity index (χ2v) is 4.56. The molecule has 0 saturated heterocycles. The molecule has 2 rings (SSSR count). The number of aromatic nitrogens is 1. The van der Waals surface area contributed by atoms with Gasteiger partial charge in [0.25, 0.3) is 5.91 Å². The maximum atomic E-state index is 13.1. The maximum absolute atomic E-state index is 13.1. The molecule has 0 aliphatic heterocycles. The van der Waals surface area contributed by atoms with Crippen LogP contribution in [0.15, 0.2) is 12.1 Å². The summed E-state index contributed by atoms with van der Waals surface area (Å²) in [6, 6.07) is 1.67. The summed E-state index contributed by atoms with van der Waals surface area (Å²) in [5, 5.41) is 0. The number of nitrogens with zero attached hydrogens (tertiary/aromatic N) is 1. The van der Waals surface area contributed by atoms with Gasteiger partial charge in [0.15, 0.2) is 17.5 Å². The van der Waals surface area contributed by atoms with Crippen molar-refractivity contribution in [2.75, 3.05) is 5.73 Å². The van der Waals surface area contributed by atoms with Gasteiger partial charge < -0.3 is 11.5 Å². The van der Waals surface area contributed by atoms with Gasteiger partial charge in [-0.05, 0) is 29.2 Å². The lowest BCUT2D eigenvalue weighted by Crippen LogP contribution is -2.12. The van der Waals surface area contributed by atoms with Gasteiger partial charge >= 0.3 is 0 Å². The highest BCUT2D eigenvalue weighted by Crippen LogP contribution is 2.25. The molecule has 2 aromatic rings. The monoisotopic (exact) mass is 287 g/mol. The zero-order valence-electron chi connectivity index (χ0n) is 9.41. The fourth-order valence-electron chi connectivity index (χ4n) is 1.60. The molecule has 0 spiro atoms. The van der Waals surface area contributed by atoms with E-state index in [-0.39, 0.29) is 28.2 Å². The van der Waals surface area contributed by atoms with Crippen molar-refractivity contribution in [3.8, 4) is 0 Å². The van der Waals surface area contributed by atoms with Gasteiger partial charge in [-0.25, -0.2) is 13.2 Å². The highest BCUT2D eigenvalue weighted by molar-refractivity contribution is 7.08. The van der Waals surface area contributed by atoms with E-state index in [1.165, 1.54) is 0 Å². The van der Waals surface area contributed by atoms with Crippen LogP contribution in [0.4, 0.5) is 19.0 Å². The van der Waals surface area contributed by atoms with Gasteiger partial charge in [-0.2, -0.15) is 4.37 Å². The predicted octanol–water partition coefficient (Wildman–Crippen LogP) is 1.83. The lowest BCUT2D eigenvalue weighted by Gasteiger charge is -2.04. The van der Waals surface area contributed by atoms with E-state index >= 15 is 0 Å². The Hall–Kier alpha value is -2.09. The first kappa shape index (κ1) is 13.3. The molecular weight excluding hydrogens is 279 g/mol. The molecule has 4 nitrogen and oxygen atoms in total. The van der Waals surface area contributed by atoms with Crippen molar-refractivity contribution in [1.82, 2.24) is 4.37 Å². The number of rotatable bonds is 3. The summed E-state index contributed by atoms with van der Waals surface area (Å²) in [6.45, 7) is 0. The Morgan fingerprint density at radius 1 is 1.26 bits per heavy atom. The van der Waals surface area contributed by atoms with Crippen molar-refractivity contribution in [2.24, 2.45) is 5.73 Å². The summed E-state index contributed by atoms with van der Waals surface area (Å²) in [6.07, 6.45) is -0.0608. The highest BCUT2D eigenvalue weighted by Gasteiger charge is 2.18. The average Bonchev–Trinajstić information content (AvgIpc) is 2.68. The van der Waals surface area contributed by atoms with Crippen LogP contribution in [0.5, 0.6) is 0 Å². The fraction of sp³-hybridized carbons (Fsp3) is 0.0909. The third-order valence-electron chi connectivity index (χ3n) is 2.47. The van der Waals surface area contributed by atoms with Gasteiger partial charge in [0, 0.05) is 12.0 Å². The minimum atomic E-state index is -1.55. The molecule has 0 saturated carbocycles. The largest absolute Gasteiger partial charge is 0.383 e. The Bertz CT molecular complexity index is 634. The van der Waals surface area contributed by atoms with Crippen molar-refractivity contribution in [2.45, 2.75) is 6.42 Å². The minimum Gasteiger partial charge on any atom is -0.383 e. The molecule has 1 aromatic carbocycles. The van der Waals surface area contributed by atoms with E-state index in [0.29, 0.717) is 0 Å². The number of nitrogen functional groups attached to an aromatic ring is 1. The van der Waals surface area contributed by atoms with Crippen LogP contribution < -0.4 is 11.5 Å². The van der Waals surface area contributed by atoms with E-state index in [1.807, 2.05) is 0 Å². The number of carbonyl (C=O) groups excluding carboxylic acids is 1. The highest BCUT2D eigenvalue weighted by atomic mass is 32.1. The molecule has 100 valence electrons. The molecule has 0 bridgehead atoms. The lowest BCUT2D eigenvalue weighted by molar-refractivity contribution is 0.100. The van der Waals surface area contributed by atoms with Gasteiger partial charge in [0.2, 0.25) is 0 Å². The predicted molar refractivity (Wildman–Crippen MR) is 64.2 cm³/mol. The number of hydrogen-bond donors (Lipinski definition) is 2. The molecule has 0 radical (unpaired) electrons. The molecule has 19 heavy (non-hydrogen) atoms. The Labute approximate surface area is 110 Å². The number of carbonyl (C=O) groups is 1. The molecule has 0 aliphatic carbocycles. The van der Waals surface area contributed by atoms with Crippen molar-refractivity contribution >= 4 is 23.3 Å². The number of primary amides is 1. The Kier molecular flexibility index (Phi) is 3.43. The lowest BCUT2D eigenvalue weighted by atomic mass is 10.0. The van der Waals surface area contributed by atoms with Crippen molar-refractivity contribution in [3.63, 3.8) is 0 Å². The Morgan fingerprint density at radius 2 is 1.84 bits per heavy atom. The van der Waals surface area contributed by atoms with Crippen LogP contribution in [0.3, 0.4) is 0 Å². The summed E-state index contributed by atoms with van der Waals surface area (Å²) < 4.78 is 42.7. The average molecular weight is 287 g/mol. The van der Waals surface area contributed by atoms with Gasteiger partial charge in [-0.3, -0.25) is 4.79 Å².